The average Bonchev–Trinajstić information content (AvgIpc) is 2.75. The molecule has 1 aromatic rings. The van der Waals surface area contributed by atoms with Gasteiger partial charge in [-0.1, -0.05) is 16.4 Å². The van der Waals surface area contributed by atoms with Crippen molar-refractivity contribution in [1.82, 2.24) is 5.32 Å². The first-order valence-electron chi connectivity index (χ1n) is 9.44. The molecule has 2 rings (SSSR count). The van der Waals surface area contributed by atoms with Gasteiger partial charge >= 0.3 is 0 Å². The van der Waals surface area contributed by atoms with Crippen LogP contribution in [-0.4, -0.2) is 95.4 Å². The third-order valence-corrected chi connectivity index (χ3v) is 6.04. The van der Waals surface area contributed by atoms with E-state index in [1.165, 1.54) is 22.0 Å². The second-order valence-electron chi connectivity index (χ2n) is 9.74. The second kappa shape index (κ2) is 6.55. The van der Waals surface area contributed by atoms with E-state index in [1.54, 1.807) is 0 Å². The highest BCUT2D eigenvalue weighted by Gasteiger charge is 2.36. The van der Waals surface area contributed by atoms with Gasteiger partial charge in [-0.05, 0) is 24.3 Å². The molecule has 25 heavy (non-hydrogen) atoms. The summed E-state index contributed by atoms with van der Waals surface area (Å²) in [6.45, 7) is 2.27. The minimum absolute atomic E-state index is 0.0571. The van der Waals surface area contributed by atoms with E-state index in [9.17, 15) is 0 Å². The van der Waals surface area contributed by atoms with Crippen LogP contribution in [0.1, 0.15) is 12.5 Å². The first-order valence-corrected chi connectivity index (χ1v) is 9.44. The Hall–Kier alpha value is -0.571. The average molecular weight is 325 g/mol. The summed E-state index contributed by atoms with van der Waals surface area (Å²) in [4.78, 5) is 0. The lowest BCUT2D eigenvalue weighted by atomic mass is 9.26. The van der Waals surface area contributed by atoms with Gasteiger partial charge in [0.2, 0.25) is 0 Å². The molecule has 1 aromatic carbocycles. The standard InChI is InChI=1S/C12H27B10NO2/c1-3(23-11(19,20)10(16,17)18)2-4-5(13)7(15)9-8(6(4)14)24-12(21,22)25-9/h3,23H,2,13-22H2,1H3/t3-/m1/s1. The van der Waals surface area contributed by atoms with E-state index >= 15 is 0 Å². The van der Waals surface area contributed by atoms with Gasteiger partial charge in [0.15, 0.2) is 32.8 Å². The van der Waals surface area contributed by atoms with Gasteiger partial charge in [0, 0.05) is 6.04 Å². The fourth-order valence-corrected chi connectivity index (χ4v) is 3.41. The van der Waals surface area contributed by atoms with Crippen LogP contribution in [0.5, 0.6) is 11.5 Å². The van der Waals surface area contributed by atoms with Gasteiger partial charge in [0.25, 0.3) is 0 Å². The van der Waals surface area contributed by atoms with Gasteiger partial charge < -0.3 is 14.8 Å². The van der Waals surface area contributed by atoms with Crippen molar-refractivity contribution in [3.8, 4) is 11.5 Å². The molecule has 0 aliphatic carbocycles. The molecule has 13 heteroatoms. The van der Waals surface area contributed by atoms with Gasteiger partial charge in [-0.2, -0.15) is 0 Å². The zero-order chi connectivity index (χ0) is 19.4. The Balaban J connectivity index is 2.32. The summed E-state index contributed by atoms with van der Waals surface area (Å²) in [6.07, 6.45) is 0.981. The molecule has 0 saturated heterocycles. The molecule has 0 radical (unpaired) electrons. The van der Waals surface area contributed by atoms with Gasteiger partial charge in [-0.15, -0.1) is 5.11 Å². The monoisotopic (exact) mass is 327 g/mol. The summed E-state index contributed by atoms with van der Waals surface area (Å²) in [6, 6.07) is 0.374. The topological polar surface area (TPSA) is 30.5 Å². The maximum Gasteiger partial charge on any atom is 0.197 e. The number of nitrogens with one attached hydrogen (secondary N) is 1. The van der Waals surface area contributed by atoms with Crippen molar-refractivity contribution in [3.63, 3.8) is 0 Å². The fourth-order valence-electron chi connectivity index (χ4n) is 3.41. The molecule has 1 N–H and O–H groups in total. The van der Waals surface area contributed by atoms with Crippen LogP contribution < -0.4 is 31.2 Å². The molecule has 1 heterocycles. The van der Waals surface area contributed by atoms with Crippen molar-refractivity contribution in [2.45, 2.75) is 35.4 Å². The van der Waals surface area contributed by atoms with Crippen molar-refractivity contribution in [1.29, 1.82) is 0 Å². The molecule has 0 aromatic heterocycles. The van der Waals surface area contributed by atoms with Crippen LogP contribution in [0.25, 0.3) is 0 Å². The van der Waals surface area contributed by atoms with E-state index < -0.39 is 5.59 Å². The Morgan fingerprint density at radius 3 is 1.88 bits per heavy atom. The zero-order valence-corrected chi connectivity index (χ0v) is 18.1. The SMILES string of the molecule is Bc1c(B)c2c(c(B)c1C[C@@H](C)NC(B)(B)C(B)(B)B)OC(B)(B)O2. The molecule has 0 saturated carbocycles. The Kier molecular flexibility index (Phi) is 5.43. The molecule has 122 valence electrons. The molecule has 0 fully saturated rings. The van der Waals surface area contributed by atoms with E-state index in [0.717, 1.165) is 17.9 Å². The van der Waals surface area contributed by atoms with E-state index in [2.05, 4.69) is 75.0 Å². The first kappa shape index (κ1) is 20.7. The number of ether oxygens (including phenoxy) is 2. The van der Waals surface area contributed by atoms with Gasteiger partial charge in [0.1, 0.15) is 39.2 Å². The quantitative estimate of drug-likeness (QED) is 0.546. The minimum atomic E-state index is -0.582. The van der Waals surface area contributed by atoms with Crippen molar-refractivity contribution in [2.75, 3.05) is 0 Å². The van der Waals surface area contributed by atoms with E-state index in [0.29, 0.717) is 6.04 Å². The Morgan fingerprint density at radius 1 is 0.920 bits per heavy atom. The Bertz CT molecular complexity index is 688. The third kappa shape index (κ3) is 4.07. The summed E-state index contributed by atoms with van der Waals surface area (Å²) in [5.74, 6) is 1.84. The summed E-state index contributed by atoms with van der Waals surface area (Å²) >= 11 is 0. The molecule has 0 spiro atoms. The Labute approximate surface area is 162 Å². The zero-order valence-electron chi connectivity index (χ0n) is 18.1. The third-order valence-electron chi connectivity index (χ3n) is 6.04. The number of hydrogen-bond donors (Lipinski definition) is 1. The van der Waals surface area contributed by atoms with Gasteiger partial charge in [-0.25, -0.2) is 0 Å². The summed E-state index contributed by atoms with van der Waals surface area (Å²) in [5.41, 5.74) is 4.53. The van der Waals surface area contributed by atoms with Gasteiger partial charge in [0.05, 0.1) is 23.5 Å². The lowest BCUT2D eigenvalue weighted by Crippen LogP contribution is -2.60. The number of rotatable bonds is 5. The van der Waals surface area contributed by atoms with Crippen molar-refractivity contribution in [2.24, 2.45) is 0 Å². The van der Waals surface area contributed by atoms with Crippen LogP contribution >= 0.6 is 0 Å². The summed E-state index contributed by atoms with van der Waals surface area (Å²) < 4.78 is 12.1. The number of hydrogen-bond acceptors (Lipinski definition) is 3. The lowest BCUT2D eigenvalue weighted by Gasteiger charge is -2.43. The van der Waals surface area contributed by atoms with Crippen LogP contribution in [0.4, 0.5) is 0 Å². The van der Waals surface area contributed by atoms with E-state index in [4.69, 9.17) is 9.47 Å². The highest BCUT2D eigenvalue weighted by Crippen LogP contribution is 2.33. The lowest BCUT2D eigenvalue weighted by molar-refractivity contribution is 0.0844. The molecule has 0 bridgehead atoms. The van der Waals surface area contributed by atoms with Crippen LogP contribution in [-0.2, 0) is 6.42 Å². The molecule has 0 unspecified atom stereocenters. The maximum absolute atomic E-state index is 6.10. The molecular weight excluding hydrogens is 298 g/mol. The van der Waals surface area contributed by atoms with E-state index in [-0.39, 0.29) is 10.5 Å². The molecule has 1 aliphatic heterocycles. The molecular formula is C12H27B10NO2. The smallest absolute Gasteiger partial charge is 0.197 e. The number of fused-ring (bicyclic) bond motifs is 1. The summed E-state index contributed by atoms with van der Waals surface area (Å²) in [7, 11) is 21.9. The highest BCUT2D eigenvalue weighted by atomic mass is 16.7. The van der Waals surface area contributed by atoms with E-state index in [1.807, 2.05) is 15.7 Å². The Morgan fingerprint density at radius 2 is 1.40 bits per heavy atom. The maximum atomic E-state index is 6.10. The van der Waals surface area contributed by atoms with Gasteiger partial charge in [-0.3, -0.25) is 0 Å². The normalized spacial score (nSPS) is 17.3. The van der Waals surface area contributed by atoms with Crippen molar-refractivity contribution in [3.05, 3.63) is 5.56 Å². The molecule has 3 nitrogen and oxygen atoms in total. The van der Waals surface area contributed by atoms with Crippen LogP contribution in [0.15, 0.2) is 0 Å². The largest absolute Gasteiger partial charge is 0.467 e. The molecule has 1 atom stereocenters. The van der Waals surface area contributed by atoms with Crippen LogP contribution in [0.2, 0.25) is 5.11 Å². The predicted molar refractivity (Wildman–Crippen MR) is 136 cm³/mol. The second-order valence-corrected chi connectivity index (χ2v) is 9.74. The first-order chi connectivity index (χ1) is 11.2. The summed E-state index contributed by atoms with van der Waals surface area (Å²) in [5, 5.41) is 4.08. The molecule has 0 amide bonds. The fraction of sp³-hybridized carbons (Fsp3) is 0.500. The highest BCUT2D eigenvalue weighted by molar-refractivity contribution is 6.67. The van der Waals surface area contributed by atoms with Crippen molar-refractivity contribution < 1.29 is 9.47 Å². The van der Waals surface area contributed by atoms with Crippen LogP contribution in [0.3, 0.4) is 0 Å². The number of benzene rings is 1. The minimum Gasteiger partial charge on any atom is -0.467 e. The molecule has 1 aliphatic rings. The van der Waals surface area contributed by atoms with Crippen LogP contribution in [0, 0.1) is 0 Å². The predicted octanol–water partition coefficient (Wildman–Crippen LogP) is -10.5. The van der Waals surface area contributed by atoms with Crippen molar-refractivity contribution >= 4 is 94.9 Å².